The molecule has 2 saturated heterocycles. The van der Waals surface area contributed by atoms with Crippen LogP contribution >= 0.6 is 11.8 Å². The molecule has 0 aromatic heterocycles. The summed E-state index contributed by atoms with van der Waals surface area (Å²) in [7, 11) is -3.43. The maximum absolute atomic E-state index is 12.9. The highest BCUT2D eigenvalue weighted by molar-refractivity contribution is 7.99. The van der Waals surface area contributed by atoms with Gasteiger partial charge in [-0.05, 0) is 24.3 Å². The van der Waals surface area contributed by atoms with E-state index in [1.165, 1.54) is 0 Å². The summed E-state index contributed by atoms with van der Waals surface area (Å²) >= 11 is 1.88. The van der Waals surface area contributed by atoms with Gasteiger partial charge in [-0.25, -0.2) is 8.42 Å². The lowest BCUT2D eigenvalue weighted by atomic mass is 10.2. The molecule has 27 heavy (non-hydrogen) atoms. The topological polar surface area (TPSA) is 66.9 Å². The third-order valence-corrected chi connectivity index (χ3v) is 7.95. The molecule has 2 heterocycles. The van der Waals surface area contributed by atoms with Gasteiger partial charge < -0.3 is 9.64 Å². The molecule has 0 saturated carbocycles. The first-order valence-electron chi connectivity index (χ1n) is 9.51. The maximum Gasteiger partial charge on any atom is 0.223 e. The van der Waals surface area contributed by atoms with E-state index in [0.29, 0.717) is 6.54 Å². The van der Waals surface area contributed by atoms with E-state index in [1.54, 1.807) is 30.3 Å². The summed E-state index contributed by atoms with van der Waals surface area (Å²) in [6.45, 7) is 4.82. The smallest absolute Gasteiger partial charge is 0.223 e. The number of carbonyl (C=O) groups excluding carboxylic acids is 1. The number of carbonyl (C=O) groups is 1. The maximum atomic E-state index is 12.9. The molecular formula is C19H28N2O4S2. The standard InChI is InChI=1S/C19H28N2O4S2/c22-19(7-14-27(23,24)18-5-2-1-3-6-18)21-8-4-13-26-16-17(21)15-20-9-11-25-12-10-20/h1-3,5-6,17H,4,7-16H2/t17-/m0/s1. The fourth-order valence-electron chi connectivity index (χ4n) is 3.50. The average Bonchev–Trinajstić information content (AvgIpc) is 2.93. The number of hydrogen-bond donors (Lipinski definition) is 0. The number of thioether (sulfide) groups is 1. The van der Waals surface area contributed by atoms with Crippen LogP contribution in [0.25, 0.3) is 0 Å². The van der Waals surface area contributed by atoms with Crippen molar-refractivity contribution < 1.29 is 17.9 Å². The molecule has 6 nitrogen and oxygen atoms in total. The fourth-order valence-corrected chi connectivity index (χ4v) is 5.81. The van der Waals surface area contributed by atoms with Gasteiger partial charge >= 0.3 is 0 Å². The summed E-state index contributed by atoms with van der Waals surface area (Å²) in [6.07, 6.45) is 1.00. The highest BCUT2D eigenvalue weighted by Crippen LogP contribution is 2.20. The largest absolute Gasteiger partial charge is 0.379 e. The summed E-state index contributed by atoms with van der Waals surface area (Å²) in [5.41, 5.74) is 0. The number of rotatable bonds is 6. The van der Waals surface area contributed by atoms with Crippen molar-refractivity contribution in [2.45, 2.75) is 23.8 Å². The molecule has 0 N–H and O–H groups in total. The molecule has 0 spiro atoms. The molecule has 0 radical (unpaired) electrons. The molecule has 1 aromatic rings. The first-order chi connectivity index (χ1) is 13.1. The van der Waals surface area contributed by atoms with Crippen LogP contribution in [0, 0.1) is 0 Å². The van der Waals surface area contributed by atoms with Crippen LogP contribution in [-0.4, -0.2) is 86.8 Å². The Bertz CT molecular complexity index is 706. The van der Waals surface area contributed by atoms with Crippen LogP contribution in [0.5, 0.6) is 0 Å². The van der Waals surface area contributed by atoms with E-state index in [-0.39, 0.29) is 29.0 Å². The minimum atomic E-state index is -3.43. The zero-order valence-electron chi connectivity index (χ0n) is 15.6. The molecule has 2 aliphatic heterocycles. The number of hydrogen-bond acceptors (Lipinski definition) is 6. The molecule has 1 aromatic carbocycles. The van der Waals surface area contributed by atoms with Gasteiger partial charge in [-0.1, -0.05) is 18.2 Å². The highest BCUT2D eigenvalue weighted by atomic mass is 32.2. The van der Waals surface area contributed by atoms with Gasteiger partial charge in [0.15, 0.2) is 9.84 Å². The lowest BCUT2D eigenvalue weighted by Crippen LogP contribution is -2.50. The summed E-state index contributed by atoms with van der Waals surface area (Å²) in [4.78, 5) is 17.5. The van der Waals surface area contributed by atoms with Crippen molar-refractivity contribution in [3.05, 3.63) is 30.3 Å². The van der Waals surface area contributed by atoms with Crippen molar-refractivity contribution >= 4 is 27.5 Å². The van der Waals surface area contributed by atoms with E-state index < -0.39 is 9.84 Å². The Morgan fingerprint density at radius 1 is 1.15 bits per heavy atom. The van der Waals surface area contributed by atoms with Crippen LogP contribution in [0.1, 0.15) is 12.8 Å². The number of sulfone groups is 1. The van der Waals surface area contributed by atoms with Gasteiger partial charge in [-0.3, -0.25) is 9.69 Å². The predicted molar refractivity (Wildman–Crippen MR) is 108 cm³/mol. The molecule has 150 valence electrons. The molecule has 8 heteroatoms. The van der Waals surface area contributed by atoms with Gasteiger partial charge in [0, 0.05) is 38.4 Å². The van der Waals surface area contributed by atoms with E-state index >= 15 is 0 Å². The second kappa shape index (κ2) is 9.91. The normalized spacial score (nSPS) is 22.4. The Morgan fingerprint density at radius 3 is 2.63 bits per heavy atom. The first-order valence-corrected chi connectivity index (χ1v) is 12.3. The molecule has 2 fully saturated rings. The number of nitrogens with zero attached hydrogens (tertiary/aromatic N) is 2. The van der Waals surface area contributed by atoms with Crippen molar-refractivity contribution in [3.63, 3.8) is 0 Å². The number of ether oxygens (including phenoxy) is 1. The molecule has 0 bridgehead atoms. The van der Waals surface area contributed by atoms with Gasteiger partial charge in [0.25, 0.3) is 0 Å². The predicted octanol–water partition coefficient (Wildman–Crippen LogP) is 1.52. The highest BCUT2D eigenvalue weighted by Gasteiger charge is 2.29. The third kappa shape index (κ3) is 5.94. The Kier molecular flexibility index (Phi) is 7.57. The zero-order chi connectivity index (χ0) is 19.1. The third-order valence-electron chi connectivity index (χ3n) is 5.02. The van der Waals surface area contributed by atoms with Crippen molar-refractivity contribution in [2.75, 3.05) is 56.7 Å². The SMILES string of the molecule is O=C(CCS(=O)(=O)c1ccccc1)N1CCCSC[C@@H]1CN1CCOCC1. The molecule has 3 rings (SSSR count). The minimum absolute atomic E-state index is 0.0432. The van der Waals surface area contributed by atoms with Gasteiger partial charge in [0.2, 0.25) is 5.91 Å². The van der Waals surface area contributed by atoms with Crippen molar-refractivity contribution in [1.29, 1.82) is 0 Å². The molecule has 0 unspecified atom stereocenters. The quantitative estimate of drug-likeness (QED) is 0.706. The van der Waals surface area contributed by atoms with Crippen molar-refractivity contribution in [3.8, 4) is 0 Å². The summed E-state index contributed by atoms with van der Waals surface area (Å²) in [6, 6.07) is 8.52. The second-order valence-electron chi connectivity index (χ2n) is 6.96. The van der Waals surface area contributed by atoms with Crippen molar-refractivity contribution in [2.24, 2.45) is 0 Å². The molecule has 0 aliphatic carbocycles. The van der Waals surface area contributed by atoms with Gasteiger partial charge in [-0.15, -0.1) is 0 Å². The zero-order valence-corrected chi connectivity index (χ0v) is 17.2. The fraction of sp³-hybridized carbons (Fsp3) is 0.632. The number of morpholine rings is 1. The van der Waals surface area contributed by atoms with Crippen LogP contribution in [0.3, 0.4) is 0 Å². The molecule has 2 aliphatic rings. The monoisotopic (exact) mass is 412 g/mol. The second-order valence-corrected chi connectivity index (χ2v) is 10.2. The first kappa shape index (κ1) is 20.6. The van der Waals surface area contributed by atoms with Crippen LogP contribution in [0.2, 0.25) is 0 Å². The van der Waals surface area contributed by atoms with E-state index in [9.17, 15) is 13.2 Å². The van der Waals surface area contributed by atoms with Crippen LogP contribution in [-0.2, 0) is 19.4 Å². The Hall–Kier alpha value is -1.09. The van der Waals surface area contributed by atoms with E-state index in [2.05, 4.69) is 4.90 Å². The molecular weight excluding hydrogens is 384 g/mol. The minimum Gasteiger partial charge on any atom is -0.379 e. The van der Waals surface area contributed by atoms with Crippen LogP contribution in [0.15, 0.2) is 35.2 Å². The van der Waals surface area contributed by atoms with Gasteiger partial charge in [-0.2, -0.15) is 11.8 Å². The molecule has 1 amide bonds. The lowest BCUT2D eigenvalue weighted by molar-refractivity contribution is -0.133. The van der Waals surface area contributed by atoms with Crippen molar-refractivity contribution in [1.82, 2.24) is 9.80 Å². The Labute approximate surface area is 166 Å². The number of amides is 1. The van der Waals surface area contributed by atoms with Gasteiger partial charge in [0.1, 0.15) is 0 Å². The van der Waals surface area contributed by atoms with E-state index in [1.807, 2.05) is 16.7 Å². The number of benzene rings is 1. The van der Waals surface area contributed by atoms with Crippen LogP contribution < -0.4 is 0 Å². The van der Waals surface area contributed by atoms with Gasteiger partial charge in [0.05, 0.1) is 29.9 Å². The lowest BCUT2D eigenvalue weighted by Gasteiger charge is -2.35. The summed E-state index contributed by atoms with van der Waals surface area (Å²) < 4.78 is 30.4. The molecule has 1 atom stereocenters. The Balaban J connectivity index is 1.61. The summed E-state index contributed by atoms with van der Waals surface area (Å²) in [5, 5.41) is 0. The van der Waals surface area contributed by atoms with E-state index in [0.717, 1.165) is 50.8 Å². The Morgan fingerprint density at radius 2 is 1.89 bits per heavy atom. The van der Waals surface area contributed by atoms with E-state index in [4.69, 9.17) is 4.74 Å². The summed E-state index contributed by atoms with van der Waals surface area (Å²) in [5.74, 6) is 1.78. The van der Waals surface area contributed by atoms with Crippen LogP contribution in [0.4, 0.5) is 0 Å². The average molecular weight is 413 g/mol.